The van der Waals surface area contributed by atoms with E-state index in [4.69, 9.17) is 0 Å². The molecule has 1 aromatic carbocycles. The van der Waals surface area contributed by atoms with Crippen LogP contribution in [0.15, 0.2) is 24.3 Å². The fourth-order valence-electron chi connectivity index (χ4n) is 2.41. The van der Waals surface area contributed by atoms with Crippen LogP contribution in [-0.2, 0) is 0 Å². The lowest BCUT2D eigenvalue weighted by molar-refractivity contribution is 0.144. The van der Waals surface area contributed by atoms with Crippen molar-refractivity contribution >= 4 is 0 Å². The van der Waals surface area contributed by atoms with Crippen LogP contribution in [0.3, 0.4) is 0 Å². The summed E-state index contributed by atoms with van der Waals surface area (Å²) in [6.07, 6.45) is 3.02. The molecule has 0 aromatic heterocycles. The van der Waals surface area contributed by atoms with Gasteiger partial charge in [-0.3, -0.25) is 0 Å². The van der Waals surface area contributed by atoms with Gasteiger partial charge in [-0.2, -0.15) is 0 Å². The van der Waals surface area contributed by atoms with Crippen LogP contribution >= 0.6 is 0 Å². The van der Waals surface area contributed by atoms with Gasteiger partial charge >= 0.3 is 0 Å². The molecular formula is C14H21NO. The SMILES string of the molecule is Cc1ccc([C@@H](C)N[C@@H]2CCC[C@H]2O)cc1. The molecule has 1 fully saturated rings. The molecule has 1 saturated carbocycles. The Morgan fingerprint density at radius 3 is 2.50 bits per heavy atom. The zero-order valence-electron chi connectivity index (χ0n) is 10.1. The number of rotatable bonds is 3. The highest BCUT2D eigenvalue weighted by Crippen LogP contribution is 2.22. The summed E-state index contributed by atoms with van der Waals surface area (Å²) in [5.41, 5.74) is 2.58. The Morgan fingerprint density at radius 2 is 1.94 bits per heavy atom. The van der Waals surface area contributed by atoms with Crippen LogP contribution in [0.2, 0.25) is 0 Å². The van der Waals surface area contributed by atoms with Crippen molar-refractivity contribution in [2.45, 2.75) is 51.3 Å². The molecular weight excluding hydrogens is 198 g/mol. The van der Waals surface area contributed by atoms with Crippen LogP contribution in [0.25, 0.3) is 0 Å². The van der Waals surface area contributed by atoms with Crippen LogP contribution < -0.4 is 5.32 Å². The Labute approximate surface area is 97.7 Å². The topological polar surface area (TPSA) is 32.3 Å². The maximum Gasteiger partial charge on any atom is 0.0693 e. The molecule has 0 radical (unpaired) electrons. The van der Waals surface area contributed by atoms with Gasteiger partial charge in [0.2, 0.25) is 0 Å². The fraction of sp³-hybridized carbons (Fsp3) is 0.571. The van der Waals surface area contributed by atoms with E-state index in [1.54, 1.807) is 0 Å². The van der Waals surface area contributed by atoms with Gasteiger partial charge in [-0.1, -0.05) is 29.8 Å². The monoisotopic (exact) mass is 219 g/mol. The molecule has 0 amide bonds. The number of aliphatic hydroxyl groups is 1. The number of benzene rings is 1. The molecule has 0 aliphatic heterocycles. The molecule has 0 spiro atoms. The highest BCUT2D eigenvalue weighted by Gasteiger charge is 2.26. The number of aryl methyl sites for hydroxylation is 1. The lowest BCUT2D eigenvalue weighted by Gasteiger charge is -2.22. The van der Waals surface area contributed by atoms with E-state index in [9.17, 15) is 5.11 Å². The molecule has 16 heavy (non-hydrogen) atoms. The molecule has 0 unspecified atom stereocenters. The summed E-state index contributed by atoms with van der Waals surface area (Å²) < 4.78 is 0. The van der Waals surface area contributed by atoms with Crippen molar-refractivity contribution < 1.29 is 5.11 Å². The number of nitrogens with one attached hydrogen (secondary N) is 1. The largest absolute Gasteiger partial charge is 0.392 e. The summed E-state index contributed by atoms with van der Waals surface area (Å²) in [6.45, 7) is 4.26. The standard InChI is InChI=1S/C14H21NO/c1-10-6-8-12(9-7-10)11(2)15-13-4-3-5-14(13)16/h6-9,11,13-16H,3-5H2,1-2H3/t11-,13-,14-/m1/s1. The highest BCUT2D eigenvalue weighted by atomic mass is 16.3. The maximum absolute atomic E-state index is 9.77. The van der Waals surface area contributed by atoms with Crippen molar-refractivity contribution in [3.8, 4) is 0 Å². The average molecular weight is 219 g/mol. The zero-order valence-corrected chi connectivity index (χ0v) is 10.1. The predicted molar refractivity (Wildman–Crippen MR) is 66.4 cm³/mol. The van der Waals surface area contributed by atoms with Gasteiger partial charge in [0.25, 0.3) is 0 Å². The molecule has 2 rings (SSSR count). The number of hydrogen-bond acceptors (Lipinski definition) is 2. The molecule has 0 heterocycles. The van der Waals surface area contributed by atoms with Gasteiger partial charge in [0.1, 0.15) is 0 Å². The van der Waals surface area contributed by atoms with E-state index in [1.807, 2.05) is 0 Å². The summed E-state index contributed by atoms with van der Waals surface area (Å²) >= 11 is 0. The molecule has 1 aliphatic rings. The van der Waals surface area contributed by atoms with Crippen LogP contribution in [0, 0.1) is 6.92 Å². The first-order chi connectivity index (χ1) is 7.66. The van der Waals surface area contributed by atoms with E-state index in [-0.39, 0.29) is 12.1 Å². The maximum atomic E-state index is 9.77. The Kier molecular flexibility index (Phi) is 3.62. The summed E-state index contributed by atoms with van der Waals surface area (Å²) in [5.74, 6) is 0. The summed E-state index contributed by atoms with van der Waals surface area (Å²) in [4.78, 5) is 0. The van der Waals surface area contributed by atoms with E-state index < -0.39 is 0 Å². The molecule has 2 nitrogen and oxygen atoms in total. The first-order valence-corrected chi connectivity index (χ1v) is 6.17. The first-order valence-electron chi connectivity index (χ1n) is 6.17. The minimum Gasteiger partial charge on any atom is -0.392 e. The van der Waals surface area contributed by atoms with Crippen LogP contribution in [0.5, 0.6) is 0 Å². The molecule has 0 saturated heterocycles. The third kappa shape index (κ3) is 2.63. The molecule has 2 N–H and O–H groups in total. The Bertz CT molecular complexity index is 333. The van der Waals surface area contributed by atoms with Crippen LogP contribution in [0.4, 0.5) is 0 Å². The smallest absolute Gasteiger partial charge is 0.0693 e. The van der Waals surface area contributed by atoms with E-state index in [0.29, 0.717) is 6.04 Å². The number of aliphatic hydroxyl groups excluding tert-OH is 1. The Morgan fingerprint density at radius 1 is 1.25 bits per heavy atom. The second-order valence-corrected chi connectivity index (χ2v) is 4.90. The van der Waals surface area contributed by atoms with E-state index >= 15 is 0 Å². The second kappa shape index (κ2) is 4.98. The second-order valence-electron chi connectivity index (χ2n) is 4.90. The molecule has 0 bridgehead atoms. The van der Waals surface area contributed by atoms with E-state index in [1.165, 1.54) is 11.1 Å². The van der Waals surface area contributed by atoms with Gasteiger partial charge in [0.05, 0.1) is 6.10 Å². The molecule has 1 aliphatic carbocycles. The van der Waals surface area contributed by atoms with Crippen molar-refractivity contribution in [1.82, 2.24) is 5.32 Å². The highest BCUT2D eigenvalue weighted by molar-refractivity contribution is 5.23. The van der Waals surface area contributed by atoms with Crippen LogP contribution in [0.1, 0.15) is 43.4 Å². The third-order valence-corrected chi connectivity index (χ3v) is 3.52. The molecule has 1 aromatic rings. The Hall–Kier alpha value is -0.860. The Balaban J connectivity index is 1.97. The predicted octanol–water partition coefficient (Wildman–Crippen LogP) is 2.56. The van der Waals surface area contributed by atoms with Gasteiger partial charge in [-0.15, -0.1) is 0 Å². The normalized spacial score (nSPS) is 26.9. The summed E-state index contributed by atoms with van der Waals surface area (Å²) in [6, 6.07) is 9.19. The minimum absolute atomic E-state index is 0.159. The quantitative estimate of drug-likeness (QED) is 0.819. The summed E-state index contributed by atoms with van der Waals surface area (Å²) in [7, 11) is 0. The average Bonchev–Trinajstić information content (AvgIpc) is 2.65. The van der Waals surface area contributed by atoms with E-state index in [2.05, 4.69) is 43.4 Å². The lowest BCUT2D eigenvalue weighted by atomic mass is 10.0. The third-order valence-electron chi connectivity index (χ3n) is 3.52. The molecule has 2 heteroatoms. The van der Waals surface area contributed by atoms with Gasteiger partial charge in [0, 0.05) is 12.1 Å². The molecule has 88 valence electrons. The van der Waals surface area contributed by atoms with E-state index in [0.717, 1.165) is 19.3 Å². The lowest BCUT2D eigenvalue weighted by Crippen LogP contribution is -2.37. The molecule has 3 atom stereocenters. The number of hydrogen-bond donors (Lipinski definition) is 2. The van der Waals surface area contributed by atoms with Gasteiger partial charge in [0.15, 0.2) is 0 Å². The van der Waals surface area contributed by atoms with Crippen molar-refractivity contribution in [1.29, 1.82) is 0 Å². The van der Waals surface area contributed by atoms with Crippen molar-refractivity contribution in [2.75, 3.05) is 0 Å². The van der Waals surface area contributed by atoms with Gasteiger partial charge < -0.3 is 10.4 Å². The van der Waals surface area contributed by atoms with Crippen molar-refractivity contribution in [2.24, 2.45) is 0 Å². The van der Waals surface area contributed by atoms with Gasteiger partial charge in [-0.25, -0.2) is 0 Å². The summed E-state index contributed by atoms with van der Waals surface area (Å²) in [5, 5.41) is 13.3. The van der Waals surface area contributed by atoms with Crippen molar-refractivity contribution in [3.63, 3.8) is 0 Å². The van der Waals surface area contributed by atoms with Crippen molar-refractivity contribution in [3.05, 3.63) is 35.4 Å². The minimum atomic E-state index is -0.159. The van der Waals surface area contributed by atoms with Crippen LogP contribution in [-0.4, -0.2) is 17.3 Å². The zero-order chi connectivity index (χ0) is 11.5. The van der Waals surface area contributed by atoms with Gasteiger partial charge in [-0.05, 0) is 38.7 Å². The first kappa shape index (κ1) is 11.6. The fourth-order valence-corrected chi connectivity index (χ4v) is 2.41.